The summed E-state index contributed by atoms with van der Waals surface area (Å²) in [7, 11) is 4.92. The minimum Gasteiger partial charge on any atom is -0.488 e. The summed E-state index contributed by atoms with van der Waals surface area (Å²) in [6.45, 7) is 3.89. The van der Waals surface area contributed by atoms with Crippen molar-refractivity contribution in [2.24, 2.45) is 13.0 Å². The van der Waals surface area contributed by atoms with Gasteiger partial charge in [-0.1, -0.05) is 18.6 Å². The van der Waals surface area contributed by atoms with Gasteiger partial charge in [0.2, 0.25) is 0 Å². The Hall–Kier alpha value is -3.21. The Balaban J connectivity index is 1.51. The molecule has 11 nitrogen and oxygen atoms in total. The normalized spacial score (nSPS) is 19.7. The van der Waals surface area contributed by atoms with E-state index in [2.05, 4.69) is 17.2 Å². The van der Waals surface area contributed by atoms with Crippen molar-refractivity contribution in [1.29, 1.82) is 0 Å². The van der Waals surface area contributed by atoms with Crippen molar-refractivity contribution >= 4 is 12.1 Å². The number of unbranched alkanes of at least 4 members (excludes halogenated alkanes) is 1. The molecule has 0 unspecified atom stereocenters. The third kappa shape index (κ3) is 6.38. The van der Waals surface area contributed by atoms with Gasteiger partial charge in [0.1, 0.15) is 23.7 Å². The highest BCUT2D eigenvalue weighted by Gasteiger charge is 2.32. The molecule has 2 aromatic rings. The van der Waals surface area contributed by atoms with Gasteiger partial charge >= 0.3 is 12.1 Å². The van der Waals surface area contributed by atoms with E-state index in [-0.39, 0.29) is 36.6 Å². The van der Waals surface area contributed by atoms with Crippen LogP contribution in [0.3, 0.4) is 0 Å². The standard InChI is InChI=1S/C26H37N5O6/c1-5-6-12-30(2)26(33)36-16-21-24(28-29-31(21)3)20-10-11-22(23(27-20)18-14-35-15-18)37-19-9-7-8-17(13-19)25(32)34-4/h10-11,17-19H,5-9,12-16H2,1-4H3/t17-,19-/m0/s1. The summed E-state index contributed by atoms with van der Waals surface area (Å²) in [6, 6.07) is 3.75. The van der Waals surface area contributed by atoms with Gasteiger partial charge in [-0.25, -0.2) is 14.5 Å². The minimum atomic E-state index is -0.387. The largest absolute Gasteiger partial charge is 0.488 e. The van der Waals surface area contributed by atoms with Crippen LogP contribution in [-0.4, -0.2) is 77.0 Å². The molecule has 1 aliphatic carbocycles. The molecule has 11 heteroatoms. The first-order chi connectivity index (χ1) is 17.9. The number of hydrogen-bond donors (Lipinski definition) is 0. The van der Waals surface area contributed by atoms with Crippen LogP contribution in [0.4, 0.5) is 4.79 Å². The predicted molar refractivity (Wildman–Crippen MR) is 134 cm³/mol. The summed E-state index contributed by atoms with van der Waals surface area (Å²) in [5.41, 5.74) is 2.64. The number of amides is 1. The fraction of sp³-hybridized carbons (Fsp3) is 0.654. The molecule has 1 amide bonds. The number of carbonyl (C=O) groups excluding carboxylic acids is 2. The van der Waals surface area contributed by atoms with Crippen LogP contribution in [0.5, 0.6) is 5.75 Å². The van der Waals surface area contributed by atoms with E-state index in [0.29, 0.717) is 49.0 Å². The Morgan fingerprint density at radius 3 is 2.76 bits per heavy atom. The zero-order chi connectivity index (χ0) is 26.4. The lowest BCUT2D eigenvalue weighted by Crippen LogP contribution is -2.32. The van der Waals surface area contributed by atoms with Crippen molar-refractivity contribution < 1.29 is 28.5 Å². The van der Waals surface area contributed by atoms with Gasteiger partial charge in [0.25, 0.3) is 0 Å². The van der Waals surface area contributed by atoms with Crippen LogP contribution in [0.15, 0.2) is 12.1 Å². The predicted octanol–water partition coefficient (Wildman–Crippen LogP) is 3.47. The second-order valence-corrected chi connectivity index (χ2v) is 9.78. The zero-order valence-corrected chi connectivity index (χ0v) is 22.1. The van der Waals surface area contributed by atoms with Crippen LogP contribution < -0.4 is 4.74 Å². The third-order valence-electron chi connectivity index (χ3n) is 7.04. The van der Waals surface area contributed by atoms with Crippen LogP contribution in [0, 0.1) is 5.92 Å². The van der Waals surface area contributed by atoms with Gasteiger partial charge in [0.15, 0.2) is 0 Å². The molecule has 4 rings (SSSR count). The summed E-state index contributed by atoms with van der Waals surface area (Å²) in [5, 5.41) is 8.45. The molecule has 2 aliphatic rings. The molecular weight excluding hydrogens is 478 g/mol. The van der Waals surface area contributed by atoms with E-state index in [9.17, 15) is 9.59 Å². The first-order valence-corrected chi connectivity index (χ1v) is 13.0. The second-order valence-electron chi connectivity index (χ2n) is 9.78. The molecule has 0 N–H and O–H groups in total. The quantitative estimate of drug-likeness (QED) is 0.438. The highest BCUT2D eigenvalue weighted by molar-refractivity contribution is 5.72. The van der Waals surface area contributed by atoms with Crippen molar-refractivity contribution in [3.63, 3.8) is 0 Å². The van der Waals surface area contributed by atoms with E-state index < -0.39 is 0 Å². The minimum absolute atomic E-state index is 0.0346. The summed E-state index contributed by atoms with van der Waals surface area (Å²) < 4.78 is 23.9. The topological polar surface area (TPSA) is 118 Å². The molecule has 1 saturated heterocycles. The highest BCUT2D eigenvalue weighted by atomic mass is 16.6. The van der Waals surface area contributed by atoms with Crippen LogP contribution in [0.2, 0.25) is 0 Å². The molecule has 1 aliphatic heterocycles. The average Bonchev–Trinajstić information content (AvgIpc) is 3.25. The fourth-order valence-electron chi connectivity index (χ4n) is 4.66. The van der Waals surface area contributed by atoms with Crippen molar-refractivity contribution in [2.45, 2.75) is 64.1 Å². The third-order valence-corrected chi connectivity index (χ3v) is 7.04. The lowest BCUT2D eigenvalue weighted by atomic mass is 9.87. The number of aromatic nitrogens is 4. The zero-order valence-electron chi connectivity index (χ0n) is 22.1. The molecule has 1 saturated carbocycles. The average molecular weight is 516 g/mol. The number of carbonyl (C=O) groups is 2. The van der Waals surface area contributed by atoms with Crippen LogP contribution >= 0.6 is 0 Å². The Morgan fingerprint density at radius 1 is 1.24 bits per heavy atom. The number of aryl methyl sites for hydroxylation is 1. The summed E-state index contributed by atoms with van der Waals surface area (Å²) >= 11 is 0. The number of esters is 1. The molecule has 0 aromatic carbocycles. The first kappa shape index (κ1) is 26.8. The maximum Gasteiger partial charge on any atom is 0.409 e. The smallest absolute Gasteiger partial charge is 0.409 e. The highest BCUT2D eigenvalue weighted by Crippen LogP contribution is 2.36. The molecule has 0 radical (unpaired) electrons. The van der Waals surface area contributed by atoms with Crippen LogP contribution in [0.25, 0.3) is 11.4 Å². The molecule has 2 fully saturated rings. The summed E-state index contributed by atoms with van der Waals surface area (Å²) in [5.74, 6) is 0.487. The fourth-order valence-corrected chi connectivity index (χ4v) is 4.66. The van der Waals surface area contributed by atoms with E-state index in [0.717, 1.165) is 37.8 Å². The van der Waals surface area contributed by atoms with Crippen molar-refractivity contribution in [3.05, 3.63) is 23.5 Å². The number of ether oxygens (including phenoxy) is 4. The second kappa shape index (κ2) is 12.4. The van der Waals surface area contributed by atoms with Crippen molar-refractivity contribution in [2.75, 3.05) is 33.9 Å². The Bertz CT molecular complexity index is 1090. The number of methoxy groups -OCH3 is 1. The van der Waals surface area contributed by atoms with Gasteiger partial charge in [0.05, 0.1) is 49.7 Å². The molecule has 2 atom stereocenters. The van der Waals surface area contributed by atoms with Gasteiger partial charge in [-0.15, -0.1) is 5.10 Å². The summed E-state index contributed by atoms with van der Waals surface area (Å²) in [4.78, 5) is 30.9. The number of rotatable bonds is 10. The molecule has 3 heterocycles. The van der Waals surface area contributed by atoms with Crippen LogP contribution in [-0.2, 0) is 32.7 Å². The van der Waals surface area contributed by atoms with E-state index in [1.54, 1.807) is 23.7 Å². The molecular formula is C26H37N5O6. The van der Waals surface area contributed by atoms with E-state index >= 15 is 0 Å². The maximum absolute atomic E-state index is 12.4. The van der Waals surface area contributed by atoms with Gasteiger partial charge < -0.3 is 23.8 Å². The maximum atomic E-state index is 12.4. The lowest BCUT2D eigenvalue weighted by Gasteiger charge is -2.31. The summed E-state index contributed by atoms with van der Waals surface area (Å²) in [6.07, 6.45) is 4.68. The Kier molecular flexibility index (Phi) is 8.96. The number of hydrogen-bond acceptors (Lipinski definition) is 9. The van der Waals surface area contributed by atoms with E-state index in [1.165, 1.54) is 7.11 Å². The van der Waals surface area contributed by atoms with Gasteiger partial charge in [-0.2, -0.15) is 0 Å². The van der Waals surface area contributed by atoms with Crippen molar-refractivity contribution in [3.8, 4) is 17.1 Å². The monoisotopic (exact) mass is 515 g/mol. The lowest BCUT2D eigenvalue weighted by molar-refractivity contribution is -0.147. The van der Waals surface area contributed by atoms with Crippen molar-refractivity contribution in [1.82, 2.24) is 24.9 Å². The molecule has 202 valence electrons. The molecule has 37 heavy (non-hydrogen) atoms. The van der Waals surface area contributed by atoms with Crippen LogP contribution in [0.1, 0.15) is 62.8 Å². The first-order valence-electron chi connectivity index (χ1n) is 13.0. The SMILES string of the molecule is CCCCN(C)C(=O)OCc1c(-c2ccc(O[C@H]3CCC[C@H](C(=O)OC)C3)c(C3COC3)n2)nnn1C. The number of pyridine rings is 1. The number of nitrogens with zero attached hydrogens (tertiary/aromatic N) is 5. The Morgan fingerprint density at radius 2 is 2.05 bits per heavy atom. The Labute approximate surface area is 217 Å². The molecule has 2 aromatic heterocycles. The molecule has 0 bridgehead atoms. The van der Waals surface area contributed by atoms with E-state index in [1.807, 2.05) is 12.1 Å². The van der Waals surface area contributed by atoms with Gasteiger partial charge in [0, 0.05) is 20.6 Å². The van der Waals surface area contributed by atoms with Gasteiger partial charge in [-0.05, 0) is 44.2 Å². The molecule has 0 spiro atoms. The van der Waals surface area contributed by atoms with Gasteiger partial charge in [-0.3, -0.25) is 4.79 Å². The van der Waals surface area contributed by atoms with E-state index in [4.69, 9.17) is 23.9 Å².